The van der Waals surface area contributed by atoms with E-state index in [9.17, 15) is 0 Å². The minimum absolute atomic E-state index is 0.333. The highest BCUT2D eigenvalue weighted by Crippen LogP contribution is 2.13. The molecule has 0 spiro atoms. The van der Waals surface area contributed by atoms with Gasteiger partial charge in [0.1, 0.15) is 5.75 Å². The third-order valence-corrected chi connectivity index (χ3v) is 1.75. The molecule has 0 N–H and O–H groups in total. The summed E-state index contributed by atoms with van der Waals surface area (Å²) < 4.78 is 10.9. The van der Waals surface area contributed by atoms with Gasteiger partial charge in [-0.05, 0) is 12.1 Å². The standard InChI is InChI=1S/C13H16O2/c1-4-8-11(2)14-12(3)15-13-9-6-5-7-10-13/h4-7,9-10,12H,1-2,8H2,3H3. The van der Waals surface area contributed by atoms with E-state index < -0.39 is 0 Å². The molecule has 1 atom stereocenters. The first-order valence-electron chi connectivity index (χ1n) is 4.89. The van der Waals surface area contributed by atoms with Crippen LogP contribution in [0.15, 0.2) is 55.3 Å². The van der Waals surface area contributed by atoms with Crippen molar-refractivity contribution < 1.29 is 9.47 Å². The SMILES string of the molecule is C=CCC(=C)OC(C)Oc1ccccc1. The Morgan fingerprint density at radius 3 is 2.67 bits per heavy atom. The highest BCUT2D eigenvalue weighted by molar-refractivity contribution is 5.20. The molecule has 0 amide bonds. The first-order valence-corrected chi connectivity index (χ1v) is 4.89. The maximum Gasteiger partial charge on any atom is 0.237 e. The molecule has 80 valence electrons. The Labute approximate surface area is 90.8 Å². The van der Waals surface area contributed by atoms with E-state index in [2.05, 4.69) is 13.2 Å². The molecular formula is C13H16O2. The summed E-state index contributed by atoms with van der Waals surface area (Å²) in [5.74, 6) is 1.45. The summed E-state index contributed by atoms with van der Waals surface area (Å²) in [7, 11) is 0. The number of benzene rings is 1. The number of hydrogen-bond donors (Lipinski definition) is 0. The molecule has 2 nitrogen and oxygen atoms in total. The van der Waals surface area contributed by atoms with Gasteiger partial charge in [-0.2, -0.15) is 0 Å². The van der Waals surface area contributed by atoms with E-state index in [1.807, 2.05) is 37.3 Å². The molecule has 0 fully saturated rings. The van der Waals surface area contributed by atoms with Crippen molar-refractivity contribution in [1.29, 1.82) is 0 Å². The van der Waals surface area contributed by atoms with Gasteiger partial charge in [0.15, 0.2) is 0 Å². The van der Waals surface area contributed by atoms with E-state index in [-0.39, 0.29) is 6.29 Å². The minimum atomic E-state index is -0.333. The number of ether oxygens (including phenoxy) is 2. The van der Waals surface area contributed by atoms with Crippen LogP contribution in [0, 0.1) is 0 Å². The molecule has 0 aliphatic heterocycles. The predicted octanol–water partition coefficient (Wildman–Crippen LogP) is 3.52. The largest absolute Gasteiger partial charge is 0.460 e. The second-order valence-electron chi connectivity index (χ2n) is 3.15. The lowest BCUT2D eigenvalue weighted by Crippen LogP contribution is -2.15. The highest BCUT2D eigenvalue weighted by atomic mass is 16.7. The van der Waals surface area contributed by atoms with Crippen molar-refractivity contribution in [1.82, 2.24) is 0 Å². The maximum absolute atomic E-state index is 5.51. The monoisotopic (exact) mass is 204 g/mol. The van der Waals surface area contributed by atoms with E-state index in [0.717, 1.165) is 5.75 Å². The first kappa shape index (κ1) is 11.4. The summed E-state index contributed by atoms with van der Waals surface area (Å²) in [6.45, 7) is 9.20. The molecule has 1 aromatic carbocycles. The van der Waals surface area contributed by atoms with Crippen LogP contribution in [0.25, 0.3) is 0 Å². The first-order chi connectivity index (χ1) is 7.22. The lowest BCUT2D eigenvalue weighted by molar-refractivity contribution is -0.0299. The Balaban J connectivity index is 2.39. The van der Waals surface area contributed by atoms with Gasteiger partial charge in [0, 0.05) is 13.3 Å². The quantitative estimate of drug-likeness (QED) is 0.401. The number of hydrogen-bond acceptors (Lipinski definition) is 2. The molecule has 0 heterocycles. The molecule has 0 radical (unpaired) electrons. The van der Waals surface area contributed by atoms with E-state index >= 15 is 0 Å². The lowest BCUT2D eigenvalue weighted by Gasteiger charge is -2.17. The smallest absolute Gasteiger partial charge is 0.237 e. The summed E-state index contributed by atoms with van der Waals surface area (Å²) in [4.78, 5) is 0. The Bertz CT molecular complexity index is 317. The van der Waals surface area contributed by atoms with E-state index in [1.54, 1.807) is 6.08 Å². The van der Waals surface area contributed by atoms with Gasteiger partial charge in [-0.3, -0.25) is 0 Å². The van der Waals surface area contributed by atoms with Crippen LogP contribution in [0.1, 0.15) is 13.3 Å². The second kappa shape index (κ2) is 5.91. The molecule has 0 saturated heterocycles. The molecule has 0 aromatic heterocycles. The van der Waals surface area contributed by atoms with E-state index in [0.29, 0.717) is 12.2 Å². The summed E-state index contributed by atoms with van der Waals surface area (Å²) in [5, 5.41) is 0. The number of para-hydroxylation sites is 1. The Kier molecular flexibility index (Phi) is 4.48. The minimum Gasteiger partial charge on any atom is -0.460 e. The molecule has 1 aromatic rings. The normalized spacial score (nSPS) is 11.5. The van der Waals surface area contributed by atoms with Crippen molar-refractivity contribution in [3.8, 4) is 5.75 Å². The topological polar surface area (TPSA) is 18.5 Å². The average Bonchev–Trinajstić information content (AvgIpc) is 2.19. The van der Waals surface area contributed by atoms with Crippen molar-refractivity contribution in [3.63, 3.8) is 0 Å². The zero-order valence-corrected chi connectivity index (χ0v) is 8.98. The van der Waals surface area contributed by atoms with Gasteiger partial charge in [0.05, 0.1) is 5.76 Å². The van der Waals surface area contributed by atoms with E-state index in [4.69, 9.17) is 9.47 Å². The van der Waals surface area contributed by atoms with Crippen molar-refractivity contribution in [2.24, 2.45) is 0 Å². The Morgan fingerprint density at radius 1 is 1.40 bits per heavy atom. The van der Waals surface area contributed by atoms with Crippen molar-refractivity contribution in [3.05, 3.63) is 55.3 Å². The van der Waals surface area contributed by atoms with Crippen molar-refractivity contribution >= 4 is 0 Å². The van der Waals surface area contributed by atoms with E-state index in [1.165, 1.54) is 0 Å². The Morgan fingerprint density at radius 2 is 2.07 bits per heavy atom. The van der Waals surface area contributed by atoms with Gasteiger partial charge in [-0.25, -0.2) is 0 Å². The van der Waals surface area contributed by atoms with Crippen LogP contribution in [-0.4, -0.2) is 6.29 Å². The van der Waals surface area contributed by atoms with Crippen LogP contribution in [0.4, 0.5) is 0 Å². The maximum atomic E-state index is 5.51. The number of allylic oxidation sites excluding steroid dienone is 1. The summed E-state index contributed by atoms with van der Waals surface area (Å²) >= 11 is 0. The second-order valence-corrected chi connectivity index (χ2v) is 3.15. The van der Waals surface area contributed by atoms with Crippen LogP contribution < -0.4 is 4.74 Å². The average molecular weight is 204 g/mol. The van der Waals surface area contributed by atoms with Gasteiger partial charge >= 0.3 is 0 Å². The van der Waals surface area contributed by atoms with Crippen LogP contribution in [-0.2, 0) is 4.74 Å². The molecular weight excluding hydrogens is 188 g/mol. The lowest BCUT2D eigenvalue weighted by atomic mass is 10.3. The molecule has 1 unspecified atom stereocenters. The third-order valence-electron chi connectivity index (χ3n) is 1.75. The van der Waals surface area contributed by atoms with Crippen molar-refractivity contribution in [2.75, 3.05) is 0 Å². The van der Waals surface area contributed by atoms with Crippen LogP contribution in [0.2, 0.25) is 0 Å². The van der Waals surface area contributed by atoms with Gasteiger partial charge in [0.25, 0.3) is 0 Å². The summed E-state index contributed by atoms with van der Waals surface area (Å²) in [6, 6.07) is 9.54. The molecule has 0 saturated carbocycles. The number of rotatable bonds is 6. The van der Waals surface area contributed by atoms with Crippen molar-refractivity contribution in [2.45, 2.75) is 19.6 Å². The van der Waals surface area contributed by atoms with Crippen LogP contribution in [0.5, 0.6) is 5.75 Å². The molecule has 2 heteroatoms. The molecule has 1 rings (SSSR count). The predicted molar refractivity (Wildman–Crippen MR) is 61.6 cm³/mol. The fraction of sp³-hybridized carbons (Fsp3) is 0.231. The van der Waals surface area contributed by atoms with Gasteiger partial charge in [0.2, 0.25) is 6.29 Å². The fourth-order valence-corrected chi connectivity index (χ4v) is 1.16. The third kappa shape index (κ3) is 4.36. The zero-order chi connectivity index (χ0) is 11.1. The van der Waals surface area contributed by atoms with Gasteiger partial charge < -0.3 is 9.47 Å². The summed E-state index contributed by atoms with van der Waals surface area (Å²) in [5.41, 5.74) is 0. The van der Waals surface area contributed by atoms with Gasteiger partial charge in [-0.15, -0.1) is 6.58 Å². The van der Waals surface area contributed by atoms with Crippen LogP contribution in [0.3, 0.4) is 0 Å². The summed E-state index contributed by atoms with van der Waals surface area (Å²) in [6.07, 6.45) is 2.06. The molecule has 0 aliphatic carbocycles. The fourth-order valence-electron chi connectivity index (χ4n) is 1.16. The molecule has 15 heavy (non-hydrogen) atoms. The van der Waals surface area contributed by atoms with Gasteiger partial charge in [-0.1, -0.05) is 30.9 Å². The molecule has 0 bridgehead atoms. The van der Waals surface area contributed by atoms with Crippen LogP contribution >= 0.6 is 0 Å². The Hall–Kier alpha value is -1.70. The highest BCUT2D eigenvalue weighted by Gasteiger charge is 2.04. The zero-order valence-electron chi connectivity index (χ0n) is 8.98. The molecule has 0 aliphatic rings.